The summed E-state index contributed by atoms with van der Waals surface area (Å²) in [6, 6.07) is 13.7. The highest BCUT2D eigenvalue weighted by atomic mass is 35.5. The number of hydrogen-bond donors (Lipinski definition) is 1. The molecule has 29 heavy (non-hydrogen) atoms. The summed E-state index contributed by atoms with van der Waals surface area (Å²) in [5, 5.41) is 3.73. The van der Waals surface area contributed by atoms with Crippen LogP contribution in [0.5, 0.6) is 0 Å². The fourth-order valence-corrected chi connectivity index (χ4v) is 4.46. The van der Waals surface area contributed by atoms with Gasteiger partial charge in [0, 0.05) is 29.7 Å². The van der Waals surface area contributed by atoms with Crippen LogP contribution in [0.15, 0.2) is 42.5 Å². The van der Waals surface area contributed by atoms with E-state index in [9.17, 15) is 4.79 Å². The Morgan fingerprint density at radius 1 is 1.10 bits per heavy atom. The first-order chi connectivity index (χ1) is 13.9. The summed E-state index contributed by atoms with van der Waals surface area (Å²) in [7, 11) is 2.36. The Balaban J connectivity index is 1.66. The average Bonchev–Trinajstić information content (AvgIpc) is 2.72. The Morgan fingerprint density at radius 2 is 1.79 bits per heavy atom. The fourth-order valence-electron chi connectivity index (χ4n) is 4.16. The number of nitrogens with zero attached hydrogens (tertiary/aromatic N) is 1. The molecule has 3 rings (SSSR count). The van der Waals surface area contributed by atoms with Gasteiger partial charge in [-0.3, -0.25) is 4.79 Å². The molecule has 4 nitrogen and oxygen atoms in total. The molecule has 0 aromatic heterocycles. The second-order valence-electron chi connectivity index (χ2n) is 7.98. The van der Waals surface area contributed by atoms with Crippen LogP contribution >= 0.6 is 23.2 Å². The first-order valence-corrected chi connectivity index (χ1v) is 10.9. The largest absolute Gasteiger partial charge is 0.381 e. The summed E-state index contributed by atoms with van der Waals surface area (Å²) in [5.41, 5.74) is 2.52. The van der Waals surface area contributed by atoms with E-state index in [-0.39, 0.29) is 5.91 Å². The third-order valence-electron chi connectivity index (χ3n) is 5.74. The number of carbonyl (C=O) groups is 1. The lowest BCUT2D eigenvalue weighted by molar-refractivity contribution is -0.947. The summed E-state index contributed by atoms with van der Waals surface area (Å²) in [6.45, 7) is 6.11. The highest BCUT2D eigenvalue weighted by molar-refractivity contribution is 6.42. The molecule has 6 heteroatoms. The van der Waals surface area contributed by atoms with Crippen molar-refractivity contribution in [3.05, 3.63) is 63.6 Å². The maximum absolute atomic E-state index is 12.5. The number of rotatable bonds is 7. The lowest BCUT2D eigenvalue weighted by atomic mass is 10.0. The molecule has 0 bridgehead atoms. The van der Waals surface area contributed by atoms with Gasteiger partial charge in [-0.05, 0) is 36.8 Å². The van der Waals surface area contributed by atoms with Crippen molar-refractivity contribution < 1.29 is 14.0 Å². The first-order valence-electron chi connectivity index (χ1n) is 10.2. The van der Waals surface area contributed by atoms with E-state index < -0.39 is 0 Å². The van der Waals surface area contributed by atoms with Crippen molar-refractivity contribution in [2.24, 2.45) is 0 Å². The molecule has 2 aromatic carbocycles. The van der Waals surface area contributed by atoms with Gasteiger partial charge in [-0.1, -0.05) is 42.3 Å². The first kappa shape index (κ1) is 22.1. The molecule has 1 heterocycles. The molecule has 1 saturated heterocycles. The predicted molar refractivity (Wildman–Crippen MR) is 120 cm³/mol. The van der Waals surface area contributed by atoms with E-state index >= 15 is 0 Å². The molecule has 1 aliphatic heterocycles. The summed E-state index contributed by atoms with van der Waals surface area (Å²) < 4.78 is 6.60. The minimum absolute atomic E-state index is 0.204. The van der Waals surface area contributed by atoms with E-state index in [1.165, 1.54) is 5.56 Å². The number of nitrogens with one attached hydrogen (secondary N) is 1. The molecule has 0 aliphatic carbocycles. The van der Waals surface area contributed by atoms with Gasteiger partial charge in [-0.15, -0.1) is 0 Å². The highest BCUT2D eigenvalue weighted by Crippen LogP contribution is 2.26. The van der Waals surface area contributed by atoms with E-state index in [0.717, 1.165) is 55.7 Å². The maximum atomic E-state index is 12.5. The van der Waals surface area contributed by atoms with E-state index in [0.29, 0.717) is 21.7 Å². The lowest BCUT2D eigenvalue weighted by Crippen LogP contribution is -2.53. The summed E-state index contributed by atoms with van der Waals surface area (Å²) in [5.74, 6) is -0.204. The molecule has 1 unspecified atom stereocenters. The number of amides is 1. The van der Waals surface area contributed by atoms with Crippen LogP contribution in [-0.2, 0) is 11.3 Å². The van der Waals surface area contributed by atoms with Gasteiger partial charge >= 0.3 is 0 Å². The maximum Gasteiger partial charge on any atom is 0.255 e. The quantitative estimate of drug-likeness (QED) is 0.559. The minimum atomic E-state index is -0.204. The number of anilines is 1. The third-order valence-corrected chi connectivity index (χ3v) is 6.48. The zero-order chi connectivity index (χ0) is 20.9. The molecule has 0 radical (unpaired) electrons. The Kier molecular flexibility index (Phi) is 7.58. The second-order valence-corrected chi connectivity index (χ2v) is 8.80. The van der Waals surface area contributed by atoms with Crippen molar-refractivity contribution in [2.75, 3.05) is 32.1 Å². The van der Waals surface area contributed by atoms with Gasteiger partial charge < -0.3 is 14.5 Å². The molecular formula is C23H29Cl2N2O2+. The van der Waals surface area contributed by atoms with Crippen molar-refractivity contribution in [2.45, 2.75) is 38.8 Å². The second kappa shape index (κ2) is 9.94. The van der Waals surface area contributed by atoms with Gasteiger partial charge in [0.15, 0.2) is 0 Å². The number of quaternary nitrogens is 1. The average molecular weight is 436 g/mol. The van der Waals surface area contributed by atoms with Crippen molar-refractivity contribution >= 4 is 34.8 Å². The predicted octanol–water partition coefficient (Wildman–Crippen LogP) is 5.78. The lowest BCUT2D eigenvalue weighted by Gasteiger charge is -2.43. The van der Waals surface area contributed by atoms with Crippen LogP contribution in [0, 0.1) is 0 Å². The number of ether oxygens (including phenoxy) is 1. The van der Waals surface area contributed by atoms with Crippen LogP contribution in [0.4, 0.5) is 5.69 Å². The summed E-state index contributed by atoms with van der Waals surface area (Å²) in [4.78, 5) is 12.5. The van der Waals surface area contributed by atoms with E-state index in [1.807, 2.05) is 12.1 Å². The molecule has 0 spiro atoms. The normalized spacial score (nSPS) is 17.0. The van der Waals surface area contributed by atoms with E-state index in [1.54, 1.807) is 18.2 Å². The Bertz CT molecular complexity index is 835. The smallest absolute Gasteiger partial charge is 0.255 e. The Morgan fingerprint density at radius 3 is 2.41 bits per heavy atom. The van der Waals surface area contributed by atoms with Crippen LogP contribution in [0.2, 0.25) is 10.0 Å². The van der Waals surface area contributed by atoms with Crippen LogP contribution in [0.3, 0.4) is 0 Å². The SMILES string of the molecule is CCC[N+](C)(Cc1ccc(NC(=O)c2ccc(Cl)c(Cl)c2)cc1)C1CCOCC1. The summed E-state index contributed by atoms with van der Waals surface area (Å²) in [6.07, 6.45) is 3.40. The molecule has 1 N–H and O–H groups in total. The number of hydrogen-bond acceptors (Lipinski definition) is 2. The van der Waals surface area contributed by atoms with Gasteiger partial charge in [0.1, 0.15) is 6.54 Å². The fraction of sp³-hybridized carbons (Fsp3) is 0.435. The van der Waals surface area contributed by atoms with E-state index in [4.69, 9.17) is 27.9 Å². The molecule has 2 aromatic rings. The molecule has 0 saturated carbocycles. The monoisotopic (exact) mass is 435 g/mol. The molecule has 156 valence electrons. The highest BCUT2D eigenvalue weighted by Gasteiger charge is 2.33. The van der Waals surface area contributed by atoms with Gasteiger partial charge in [0.05, 0.1) is 42.9 Å². The van der Waals surface area contributed by atoms with Gasteiger partial charge in [0.2, 0.25) is 0 Å². The van der Waals surface area contributed by atoms with Gasteiger partial charge in [-0.2, -0.15) is 0 Å². The standard InChI is InChI=1S/C23H28Cl2N2O2/c1-3-12-27(2,20-10-13-29-14-11-20)16-17-4-7-19(8-5-17)26-23(28)18-6-9-21(24)22(25)15-18/h4-9,15,20H,3,10-14,16H2,1-2H3/p+1. The van der Waals surface area contributed by atoms with E-state index in [2.05, 4.69) is 31.4 Å². The van der Waals surface area contributed by atoms with Gasteiger partial charge in [-0.25, -0.2) is 0 Å². The van der Waals surface area contributed by atoms with Crippen LogP contribution < -0.4 is 5.32 Å². The summed E-state index contributed by atoms with van der Waals surface area (Å²) >= 11 is 11.9. The third kappa shape index (κ3) is 5.73. The topological polar surface area (TPSA) is 38.3 Å². The Labute approximate surface area is 183 Å². The van der Waals surface area contributed by atoms with Crippen LogP contribution in [0.1, 0.15) is 42.1 Å². The molecule has 1 aliphatic rings. The molecule has 1 fully saturated rings. The molecule has 1 amide bonds. The van der Waals surface area contributed by atoms with Crippen LogP contribution in [0.25, 0.3) is 0 Å². The van der Waals surface area contributed by atoms with Crippen molar-refractivity contribution in [1.82, 2.24) is 0 Å². The van der Waals surface area contributed by atoms with Crippen LogP contribution in [-0.4, -0.2) is 43.2 Å². The van der Waals surface area contributed by atoms with Gasteiger partial charge in [0.25, 0.3) is 5.91 Å². The molecular weight excluding hydrogens is 407 g/mol. The minimum Gasteiger partial charge on any atom is -0.381 e. The zero-order valence-corrected chi connectivity index (χ0v) is 18.6. The van der Waals surface area contributed by atoms with Crippen molar-refractivity contribution in [1.29, 1.82) is 0 Å². The number of carbonyl (C=O) groups excluding carboxylic acids is 1. The number of halogens is 2. The molecule has 1 atom stereocenters. The van der Waals surface area contributed by atoms with Crippen molar-refractivity contribution in [3.8, 4) is 0 Å². The zero-order valence-electron chi connectivity index (χ0n) is 17.1. The number of benzene rings is 2. The van der Waals surface area contributed by atoms with Crippen molar-refractivity contribution in [3.63, 3.8) is 0 Å². The Hall–Kier alpha value is -1.59.